The SMILES string of the molecule is C.CCCCOc1ccc(C(=O)Oc2ccc(/C=C/C(=O)O)cc2)cc1.CCCCOc1ccc(C(=O)Oc2ccc(/C=C/C(Cc3ccc(N4C(=O)C=CC4=O)cc3)OO)cc2)cc1.Nc1ccc(CO)cc1.O=C(O)/C=C\C(=O)Cc1ccc(CO)cc1.O=C1C=CC(=O)N1c1ccc(CO)cc1.O=C1C=CC(=O)O1.O=S(Cl)Cl. The zero-order valence-corrected chi connectivity index (χ0v) is 64.3. The third-order valence-electron chi connectivity index (χ3n) is 15.3. The monoisotopic (exact) mass is 1650 g/mol. The number of carboxylic acid groups (broad SMARTS) is 2. The van der Waals surface area contributed by atoms with E-state index in [2.05, 4.69) is 44.8 Å². The van der Waals surface area contributed by atoms with Gasteiger partial charge in [0.05, 0.1) is 55.5 Å². The molecule has 0 bridgehead atoms. The van der Waals surface area contributed by atoms with E-state index in [1.54, 1.807) is 206 Å². The van der Waals surface area contributed by atoms with Gasteiger partial charge in [0, 0.05) is 88.5 Å². The molecule has 8 aromatic carbocycles. The van der Waals surface area contributed by atoms with Gasteiger partial charge in [0.1, 0.15) is 29.1 Å². The minimum Gasteiger partial charge on any atom is -0.494 e. The molecule has 8 N–H and O–H groups in total. The number of cyclic esters (lactones) is 2. The van der Waals surface area contributed by atoms with Gasteiger partial charge in [0.15, 0.2) is 5.78 Å². The molecule has 0 fully saturated rings. The highest BCUT2D eigenvalue weighted by molar-refractivity contribution is 8.26. The Bertz CT molecular complexity index is 4710. The molecule has 0 saturated carbocycles. The van der Waals surface area contributed by atoms with Crippen LogP contribution in [0.25, 0.3) is 12.2 Å². The number of hydrogen-bond donors (Lipinski definition) is 7. The minimum atomic E-state index is -1.67. The third-order valence-corrected chi connectivity index (χ3v) is 15.3. The van der Waals surface area contributed by atoms with E-state index in [9.17, 15) is 58.0 Å². The maximum Gasteiger partial charge on any atom is 0.343 e. The molecule has 11 rings (SSSR count). The Morgan fingerprint density at radius 1 is 0.466 bits per heavy atom. The van der Waals surface area contributed by atoms with Crippen molar-refractivity contribution in [2.45, 2.75) is 85.7 Å². The summed E-state index contributed by atoms with van der Waals surface area (Å²) >= 11 is 0. The number of aliphatic hydroxyl groups excluding tert-OH is 3. The zero-order valence-electron chi connectivity index (χ0n) is 61.9. The van der Waals surface area contributed by atoms with Crippen LogP contribution in [-0.2, 0) is 94.7 Å². The first-order valence-electron chi connectivity index (χ1n) is 34.9. The summed E-state index contributed by atoms with van der Waals surface area (Å²) in [5.74, 6) is -3.71. The summed E-state index contributed by atoms with van der Waals surface area (Å²) in [6, 6.07) is 54.7. The minimum absolute atomic E-state index is 0. The third kappa shape index (κ3) is 36.3. The molecule has 3 heterocycles. The van der Waals surface area contributed by atoms with Gasteiger partial charge in [0.25, 0.3) is 23.6 Å². The van der Waals surface area contributed by atoms with E-state index in [0.29, 0.717) is 64.9 Å². The Kier molecular flexibility index (Phi) is 43.1. The number of aliphatic hydroxyl groups is 3. The molecule has 1 unspecified atom stereocenters. The fraction of sp³-hybridized carbons (Fsp3) is 0.174. The number of anilines is 3. The summed E-state index contributed by atoms with van der Waals surface area (Å²) in [6.07, 6.45) is 19.0. The van der Waals surface area contributed by atoms with Gasteiger partial charge < -0.3 is 55.0 Å². The van der Waals surface area contributed by atoms with Gasteiger partial charge in [-0.2, -0.15) is 0 Å². The van der Waals surface area contributed by atoms with Crippen LogP contribution in [0.1, 0.15) is 107 Å². The second kappa shape index (κ2) is 52.4. The molecule has 4 amide bonds. The van der Waals surface area contributed by atoms with Crippen molar-refractivity contribution in [3.63, 3.8) is 0 Å². The lowest BCUT2D eigenvalue weighted by molar-refractivity contribution is -0.265. The second-order valence-corrected chi connectivity index (χ2v) is 26.4. The first kappa shape index (κ1) is 95.5. The Hall–Kier alpha value is -12.9. The highest BCUT2D eigenvalue weighted by Crippen LogP contribution is 2.25. The van der Waals surface area contributed by atoms with Gasteiger partial charge in [-0.05, 0) is 173 Å². The van der Waals surface area contributed by atoms with Gasteiger partial charge in [-0.3, -0.25) is 29.2 Å². The van der Waals surface area contributed by atoms with Gasteiger partial charge in [0.2, 0.25) is 9.23 Å². The van der Waals surface area contributed by atoms with Crippen LogP contribution in [-0.4, -0.2) is 120 Å². The summed E-state index contributed by atoms with van der Waals surface area (Å²) < 4.78 is 35.0. The number of esters is 4. The molecule has 0 saturated heterocycles. The summed E-state index contributed by atoms with van der Waals surface area (Å²) in [5, 5.41) is 52.5. The Morgan fingerprint density at radius 2 is 0.810 bits per heavy atom. The number of nitrogens with two attached hydrogens (primary N) is 1. The zero-order chi connectivity index (χ0) is 84.0. The predicted octanol–water partition coefficient (Wildman–Crippen LogP) is 13.4. The number of hydrogen-bond acceptors (Lipinski definition) is 23. The topological polar surface area (TPSA) is 414 Å². The van der Waals surface area contributed by atoms with Crippen molar-refractivity contribution in [2.75, 3.05) is 28.7 Å². The molecule has 0 spiro atoms. The van der Waals surface area contributed by atoms with E-state index in [-0.39, 0.29) is 63.1 Å². The Labute approximate surface area is 680 Å². The molecule has 1 atom stereocenters. The summed E-state index contributed by atoms with van der Waals surface area (Å²) in [7, 11) is 7.36. The molecule has 3 aliphatic rings. The number of carboxylic acids is 2. The van der Waals surface area contributed by atoms with Gasteiger partial charge >= 0.3 is 35.8 Å². The number of benzene rings is 8. The number of nitrogens with zero attached hydrogens (tertiary/aromatic N) is 2. The average molecular weight is 1650 g/mol. The molecule has 30 heteroatoms. The number of rotatable bonds is 28. The maximum atomic E-state index is 12.5. The number of unbranched alkanes of at least 4 members (excludes halogenated alkanes) is 2. The van der Waals surface area contributed by atoms with Crippen molar-refractivity contribution < 1.29 is 116 Å². The van der Waals surface area contributed by atoms with Crippen LogP contribution in [0.5, 0.6) is 23.0 Å². The number of carbonyl (C=O) groups is 11. The number of nitrogen functional groups attached to an aromatic ring is 1. The molecule has 608 valence electrons. The second-order valence-electron chi connectivity index (χ2n) is 23.9. The van der Waals surface area contributed by atoms with Gasteiger partial charge in [-0.25, -0.2) is 47.7 Å². The number of allylic oxidation sites excluding steroid dienone is 1. The number of ether oxygens (including phenoxy) is 5. The molecule has 0 aliphatic carbocycles. The number of aliphatic carboxylic acids is 2. The van der Waals surface area contributed by atoms with Crippen LogP contribution in [0.2, 0.25) is 0 Å². The van der Waals surface area contributed by atoms with Crippen molar-refractivity contribution in [3.8, 4) is 23.0 Å². The Balaban J connectivity index is 0.000000315. The molecular weight excluding hydrogens is 1560 g/mol. The summed E-state index contributed by atoms with van der Waals surface area (Å²) in [6.45, 7) is 5.48. The Morgan fingerprint density at radius 3 is 1.16 bits per heavy atom. The van der Waals surface area contributed by atoms with Crippen molar-refractivity contribution in [2.24, 2.45) is 0 Å². The van der Waals surface area contributed by atoms with Crippen molar-refractivity contribution in [1.82, 2.24) is 0 Å². The number of halogens is 2. The quantitative estimate of drug-likeness (QED) is 0.00229. The number of carbonyl (C=O) groups excluding carboxylic acids is 9. The lowest BCUT2D eigenvalue weighted by atomic mass is 10.1. The average Bonchev–Trinajstić information content (AvgIpc) is 1.68. The molecule has 8 aromatic rings. The largest absolute Gasteiger partial charge is 0.494 e. The highest BCUT2D eigenvalue weighted by Gasteiger charge is 2.26. The van der Waals surface area contributed by atoms with Crippen LogP contribution < -0.4 is 34.5 Å². The lowest BCUT2D eigenvalue weighted by Crippen LogP contribution is -2.29. The van der Waals surface area contributed by atoms with Gasteiger partial charge in [-0.15, -0.1) is 0 Å². The fourth-order valence-electron chi connectivity index (χ4n) is 9.38. The number of ketones is 1. The number of imide groups is 2. The number of amides is 4. The first-order valence-corrected chi connectivity index (χ1v) is 37.7. The smallest absolute Gasteiger partial charge is 0.343 e. The molecule has 0 aromatic heterocycles. The molecular formula is C86H85Cl2N3O24S. The summed E-state index contributed by atoms with van der Waals surface area (Å²) in [5.41, 5.74) is 13.5. The van der Waals surface area contributed by atoms with E-state index in [4.69, 9.17) is 54.4 Å². The van der Waals surface area contributed by atoms with Crippen molar-refractivity contribution in [3.05, 3.63) is 305 Å². The van der Waals surface area contributed by atoms with E-state index >= 15 is 0 Å². The van der Waals surface area contributed by atoms with E-state index in [0.717, 1.165) is 111 Å². The van der Waals surface area contributed by atoms with Crippen LogP contribution in [0, 0.1) is 0 Å². The lowest BCUT2D eigenvalue weighted by Gasteiger charge is -2.15. The molecule has 3 aliphatic heterocycles. The van der Waals surface area contributed by atoms with E-state index in [1.807, 2.05) is 0 Å². The van der Waals surface area contributed by atoms with E-state index < -0.39 is 51.1 Å². The molecule has 0 radical (unpaired) electrons. The van der Waals surface area contributed by atoms with Crippen LogP contribution in [0.3, 0.4) is 0 Å². The maximum absolute atomic E-state index is 12.5. The van der Waals surface area contributed by atoms with Crippen LogP contribution in [0.4, 0.5) is 17.1 Å². The molecule has 116 heavy (non-hydrogen) atoms. The standard InChI is InChI=1S/C31H29NO7.C20H20O5.C12H12O4.C11H9NO3.C7H9NO.C4H2O3.CH4.Cl2OS/c1-2-3-20-37-26-16-9-24(10-17-26)31(35)38-27-13-6-22(7-14-27)8-15-28(39-36)21-23-4-11-25(12-5-23)32-29(33)18-19-30(32)34;1-2-3-14-24-17-11-7-16(8-12-17)20(23)25-18-9-4-15(5-10-18)6-13-19(21)22;13-8-10-3-1-9(2-4-10)7-11(14)5-6-12(15)16;13-7-8-1-3-9(4-2-8)12-10(14)5-6-11(12)15;8-7-3-1-6(5-9)2-4-7;5-3-1-2-4(6)7-3;;1-4(2)3/h4-19,28,36H,2-3,20-21H2,1H3;4-13H,2-3,14H2,1H3,(H,21,22);1-6,13H,7-8H2,(H,15,16);1-6,13H,7H2;1-4,9H,5,8H2;1-2H;1H4;/b15-8+;13-6+;6-5-;;;;;. The first-order chi connectivity index (χ1) is 55.2. The predicted molar refractivity (Wildman–Crippen MR) is 437 cm³/mol. The van der Waals surface area contributed by atoms with Crippen LogP contribution in [0.15, 0.2) is 255 Å². The van der Waals surface area contributed by atoms with Gasteiger partial charge in [-0.1, -0.05) is 131 Å². The molecule has 27 nitrogen and oxygen atoms in total. The van der Waals surface area contributed by atoms with Crippen molar-refractivity contribution in [1.29, 1.82) is 0 Å². The fourth-order valence-corrected chi connectivity index (χ4v) is 9.38. The summed E-state index contributed by atoms with van der Waals surface area (Å²) in [4.78, 5) is 129. The highest BCUT2D eigenvalue weighted by atomic mass is 36.0. The van der Waals surface area contributed by atoms with Crippen LogP contribution >= 0.6 is 21.4 Å². The van der Waals surface area contributed by atoms with E-state index in [1.165, 1.54) is 30.4 Å². The normalized spacial score (nSPS) is 12.4. The van der Waals surface area contributed by atoms with Crippen molar-refractivity contribution >= 4 is 125 Å².